The summed E-state index contributed by atoms with van der Waals surface area (Å²) in [4.78, 5) is 38.8. The number of furan rings is 1. The monoisotopic (exact) mass is 307 g/mol. The molecule has 1 aromatic heterocycles. The molecular formula is C15H21N3O4. The molecule has 1 saturated heterocycles. The van der Waals surface area contributed by atoms with E-state index in [1.807, 2.05) is 6.92 Å². The molecule has 120 valence electrons. The van der Waals surface area contributed by atoms with Gasteiger partial charge in [0.25, 0.3) is 5.91 Å². The second kappa shape index (κ2) is 7.63. The fourth-order valence-corrected chi connectivity index (χ4v) is 2.32. The minimum Gasteiger partial charge on any atom is -0.459 e. The Morgan fingerprint density at radius 1 is 1.18 bits per heavy atom. The standard InChI is InChI=1S/C15H21N3O4/c1-2-4-13(19)16-11-14(20)17-6-8-18(9-7-17)15(21)12-5-3-10-22-12/h3,5,10H,2,4,6-9,11H2,1H3,(H,16,19). The topological polar surface area (TPSA) is 82.9 Å². The van der Waals surface area contributed by atoms with Crippen LogP contribution in [0.25, 0.3) is 0 Å². The number of carbonyl (C=O) groups excluding carboxylic acids is 3. The molecule has 0 radical (unpaired) electrons. The third kappa shape index (κ3) is 4.09. The van der Waals surface area contributed by atoms with Gasteiger partial charge >= 0.3 is 0 Å². The molecule has 0 aliphatic carbocycles. The summed E-state index contributed by atoms with van der Waals surface area (Å²) >= 11 is 0. The molecule has 22 heavy (non-hydrogen) atoms. The Morgan fingerprint density at radius 3 is 2.45 bits per heavy atom. The molecule has 1 aliphatic heterocycles. The van der Waals surface area contributed by atoms with Crippen molar-refractivity contribution in [3.8, 4) is 0 Å². The second-order valence-corrected chi connectivity index (χ2v) is 5.18. The lowest BCUT2D eigenvalue weighted by Gasteiger charge is -2.34. The van der Waals surface area contributed by atoms with Crippen molar-refractivity contribution in [2.45, 2.75) is 19.8 Å². The van der Waals surface area contributed by atoms with E-state index in [0.29, 0.717) is 38.4 Å². The van der Waals surface area contributed by atoms with Gasteiger partial charge in [-0.05, 0) is 18.6 Å². The molecule has 1 aliphatic rings. The van der Waals surface area contributed by atoms with Crippen LogP contribution in [0.4, 0.5) is 0 Å². The zero-order valence-electron chi connectivity index (χ0n) is 12.7. The smallest absolute Gasteiger partial charge is 0.289 e. The van der Waals surface area contributed by atoms with E-state index < -0.39 is 0 Å². The quantitative estimate of drug-likeness (QED) is 0.857. The van der Waals surface area contributed by atoms with Crippen molar-refractivity contribution in [2.75, 3.05) is 32.7 Å². The summed E-state index contributed by atoms with van der Waals surface area (Å²) in [5.74, 6) is -0.0722. The fraction of sp³-hybridized carbons (Fsp3) is 0.533. The van der Waals surface area contributed by atoms with Crippen LogP contribution in [-0.2, 0) is 9.59 Å². The second-order valence-electron chi connectivity index (χ2n) is 5.18. The maximum absolute atomic E-state index is 12.1. The Hall–Kier alpha value is -2.31. The third-order valence-electron chi connectivity index (χ3n) is 3.57. The van der Waals surface area contributed by atoms with Crippen LogP contribution in [0.15, 0.2) is 22.8 Å². The van der Waals surface area contributed by atoms with Gasteiger partial charge in [0.15, 0.2) is 5.76 Å². The minimum atomic E-state index is -0.159. The molecule has 1 N–H and O–H groups in total. The average molecular weight is 307 g/mol. The van der Waals surface area contributed by atoms with E-state index in [4.69, 9.17) is 4.42 Å². The van der Waals surface area contributed by atoms with Crippen LogP contribution in [0.2, 0.25) is 0 Å². The number of amides is 3. The largest absolute Gasteiger partial charge is 0.459 e. The number of carbonyl (C=O) groups is 3. The first-order valence-corrected chi connectivity index (χ1v) is 7.49. The Balaban J connectivity index is 1.76. The highest BCUT2D eigenvalue weighted by molar-refractivity contribution is 5.91. The molecule has 0 atom stereocenters. The van der Waals surface area contributed by atoms with Gasteiger partial charge in [0, 0.05) is 32.6 Å². The van der Waals surface area contributed by atoms with Crippen molar-refractivity contribution in [3.05, 3.63) is 24.2 Å². The SMILES string of the molecule is CCCC(=O)NCC(=O)N1CCN(C(=O)c2ccco2)CC1. The Morgan fingerprint density at radius 2 is 1.86 bits per heavy atom. The predicted octanol–water partition coefficient (Wildman–Crippen LogP) is 0.480. The van der Waals surface area contributed by atoms with Crippen LogP contribution in [0.5, 0.6) is 0 Å². The van der Waals surface area contributed by atoms with Gasteiger partial charge < -0.3 is 19.5 Å². The van der Waals surface area contributed by atoms with Crippen LogP contribution >= 0.6 is 0 Å². The lowest BCUT2D eigenvalue weighted by atomic mass is 10.2. The molecule has 3 amide bonds. The van der Waals surface area contributed by atoms with E-state index in [1.54, 1.807) is 21.9 Å². The number of rotatable bonds is 5. The van der Waals surface area contributed by atoms with Crippen molar-refractivity contribution < 1.29 is 18.8 Å². The van der Waals surface area contributed by atoms with Crippen molar-refractivity contribution in [2.24, 2.45) is 0 Å². The highest BCUT2D eigenvalue weighted by Crippen LogP contribution is 2.09. The zero-order valence-corrected chi connectivity index (χ0v) is 12.7. The summed E-state index contributed by atoms with van der Waals surface area (Å²) in [7, 11) is 0. The van der Waals surface area contributed by atoms with Gasteiger partial charge in [0.2, 0.25) is 11.8 Å². The van der Waals surface area contributed by atoms with Crippen molar-refractivity contribution in [1.82, 2.24) is 15.1 Å². The maximum Gasteiger partial charge on any atom is 0.289 e. The van der Waals surface area contributed by atoms with Crippen LogP contribution in [0.1, 0.15) is 30.3 Å². The summed E-state index contributed by atoms with van der Waals surface area (Å²) in [6.45, 7) is 3.80. The highest BCUT2D eigenvalue weighted by atomic mass is 16.3. The van der Waals surface area contributed by atoms with Crippen LogP contribution in [-0.4, -0.2) is 60.2 Å². The van der Waals surface area contributed by atoms with E-state index in [2.05, 4.69) is 5.32 Å². The zero-order chi connectivity index (χ0) is 15.9. The summed E-state index contributed by atoms with van der Waals surface area (Å²) in [5.41, 5.74) is 0. The summed E-state index contributed by atoms with van der Waals surface area (Å²) in [5, 5.41) is 2.61. The van der Waals surface area contributed by atoms with Crippen molar-refractivity contribution >= 4 is 17.7 Å². The minimum absolute atomic E-state index is 0.0188. The van der Waals surface area contributed by atoms with E-state index in [-0.39, 0.29) is 24.3 Å². The Labute approximate surface area is 129 Å². The van der Waals surface area contributed by atoms with Gasteiger partial charge in [0.05, 0.1) is 12.8 Å². The predicted molar refractivity (Wildman–Crippen MR) is 79.1 cm³/mol. The van der Waals surface area contributed by atoms with Gasteiger partial charge in [-0.2, -0.15) is 0 Å². The average Bonchev–Trinajstić information content (AvgIpc) is 3.07. The molecule has 0 unspecified atom stereocenters. The van der Waals surface area contributed by atoms with Gasteiger partial charge in [-0.1, -0.05) is 6.92 Å². The first-order valence-electron chi connectivity index (χ1n) is 7.49. The number of hydrogen-bond donors (Lipinski definition) is 1. The number of hydrogen-bond acceptors (Lipinski definition) is 4. The van der Waals surface area contributed by atoms with E-state index >= 15 is 0 Å². The van der Waals surface area contributed by atoms with Crippen LogP contribution in [0, 0.1) is 0 Å². The molecule has 2 rings (SSSR count). The van der Waals surface area contributed by atoms with Crippen LogP contribution < -0.4 is 5.32 Å². The first kappa shape index (κ1) is 16.1. The fourth-order valence-electron chi connectivity index (χ4n) is 2.32. The summed E-state index contributed by atoms with van der Waals surface area (Å²) in [6.07, 6.45) is 2.65. The Bertz CT molecular complexity index is 519. The molecule has 7 nitrogen and oxygen atoms in total. The molecule has 0 spiro atoms. The first-order chi connectivity index (χ1) is 10.6. The van der Waals surface area contributed by atoms with Gasteiger partial charge in [-0.15, -0.1) is 0 Å². The summed E-state index contributed by atoms with van der Waals surface area (Å²) < 4.78 is 5.09. The lowest BCUT2D eigenvalue weighted by molar-refractivity contribution is -0.134. The molecule has 0 saturated carbocycles. The summed E-state index contributed by atoms with van der Waals surface area (Å²) in [6, 6.07) is 3.30. The maximum atomic E-state index is 12.1. The molecule has 7 heteroatoms. The van der Waals surface area contributed by atoms with Crippen molar-refractivity contribution in [1.29, 1.82) is 0 Å². The van der Waals surface area contributed by atoms with Gasteiger partial charge in [-0.25, -0.2) is 0 Å². The lowest BCUT2D eigenvalue weighted by Crippen LogP contribution is -2.52. The Kier molecular flexibility index (Phi) is 5.57. The molecule has 0 aromatic carbocycles. The molecule has 1 fully saturated rings. The third-order valence-corrected chi connectivity index (χ3v) is 3.57. The molecule has 1 aromatic rings. The molecule has 0 bridgehead atoms. The van der Waals surface area contributed by atoms with Crippen molar-refractivity contribution in [3.63, 3.8) is 0 Å². The molecular weight excluding hydrogens is 286 g/mol. The van der Waals surface area contributed by atoms with E-state index in [0.717, 1.165) is 6.42 Å². The number of nitrogens with one attached hydrogen (secondary N) is 1. The van der Waals surface area contributed by atoms with Gasteiger partial charge in [0.1, 0.15) is 0 Å². The highest BCUT2D eigenvalue weighted by Gasteiger charge is 2.25. The van der Waals surface area contributed by atoms with Gasteiger partial charge in [-0.3, -0.25) is 14.4 Å². The molecule has 2 heterocycles. The van der Waals surface area contributed by atoms with Crippen LogP contribution in [0.3, 0.4) is 0 Å². The number of piperazine rings is 1. The number of nitrogens with zero attached hydrogens (tertiary/aromatic N) is 2. The normalized spacial score (nSPS) is 14.8. The van der Waals surface area contributed by atoms with E-state index in [1.165, 1.54) is 6.26 Å². The van der Waals surface area contributed by atoms with E-state index in [9.17, 15) is 14.4 Å².